The molecule has 0 fully saturated rings. The van der Waals surface area contributed by atoms with Crippen molar-refractivity contribution in [1.82, 2.24) is 20.7 Å². The smallest absolute Gasteiger partial charge is 0.305 e. The fraction of sp³-hybridized carbons (Fsp3) is 0.240. The normalized spacial score (nSPS) is 11.1. The molecule has 9 heteroatoms. The lowest BCUT2D eigenvalue weighted by atomic mass is 10.1. The quantitative estimate of drug-likeness (QED) is 0.249. The lowest BCUT2D eigenvalue weighted by Gasteiger charge is -2.15. The second kappa shape index (κ2) is 11.3. The molecule has 0 aliphatic carbocycles. The molecular weight excluding hydrogens is 468 g/mol. The van der Waals surface area contributed by atoms with E-state index in [9.17, 15) is 9.59 Å². The molecule has 7 nitrogen and oxygen atoms in total. The topological polar surface area (TPSA) is 87.5 Å². The highest BCUT2D eigenvalue weighted by molar-refractivity contribution is 8.00. The monoisotopic (exact) mass is 494 g/mol. The van der Waals surface area contributed by atoms with Crippen molar-refractivity contribution in [2.45, 2.75) is 30.5 Å². The minimum absolute atomic E-state index is 0.157. The standard InChI is InChI=1S/C25H26N4O3S2/c1-3-29(4-2)15-19-13-14-21(32-19)24(31)28-27-23(30)18-11-9-17(10-12-18)16-33-25-26-20-7-5-6-8-22(20)34-25/h5-14H,3-4,15-16H2,1-2H3,(H,27,30)(H,28,31). The third kappa shape index (κ3) is 6.05. The molecule has 2 amide bonds. The first kappa shape index (κ1) is 24.0. The number of para-hydroxylation sites is 1. The molecule has 2 aromatic carbocycles. The first-order valence-electron chi connectivity index (χ1n) is 11.0. The summed E-state index contributed by atoms with van der Waals surface area (Å²) in [7, 11) is 0. The van der Waals surface area contributed by atoms with Crippen molar-refractivity contribution in [2.24, 2.45) is 0 Å². The number of furan rings is 1. The van der Waals surface area contributed by atoms with E-state index in [1.54, 1.807) is 47.4 Å². The van der Waals surface area contributed by atoms with Gasteiger partial charge in [0.25, 0.3) is 5.91 Å². The van der Waals surface area contributed by atoms with Crippen LogP contribution in [-0.4, -0.2) is 34.8 Å². The summed E-state index contributed by atoms with van der Waals surface area (Å²) in [6.45, 7) is 6.58. The number of carbonyl (C=O) groups excluding carboxylic acids is 2. The van der Waals surface area contributed by atoms with Gasteiger partial charge in [-0.3, -0.25) is 25.3 Å². The minimum atomic E-state index is -0.497. The number of hydrogen-bond donors (Lipinski definition) is 2. The molecule has 0 radical (unpaired) electrons. The summed E-state index contributed by atoms with van der Waals surface area (Å²) in [4.78, 5) is 31.6. The zero-order valence-corrected chi connectivity index (χ0v) is 20.7. The molecule has 0 aliphatic heterocycles. The number of nitrogens with zero attached hydrogens (tertiary/aromatic N) is 2. The van der Waals surface area contributed by atoms with Crippen molar-refractivity contribution in [2.75, 3.05) is 13.1 Å². The lowest BCUT2D eigenvalue weighted by molar-refractivity contribution is 0.0829. The fourth-order valence-corrected chi connectivity index (χ4v) is 5.33. The van der Waals surface area contributed by atoms with Gasteiger partial charge in [-0.05, 0) is 55.1 Å². The van der Waals surface area contributed by atoms with Gasteiger partial charge in [-0.15, -0.1) is 11.3 Å². The highest BCUT2D eigenvalue weighted by atomic mass is 32.2. The Morgan fingerprint density at radius 2 is 1.71 bits per heavy atom. The molecule has 0 bridgehead atoms. The Morgan fingerprint density at radius 3 is 2.44 bits per heavy atom. The average Bonchev–Trinajstić information content (AvgIpc) is 3.51. The molecule has 176 valence electrons. The average molecular weight is 495 g/mol. The highest BCUT2D eigenvalue weighted by Gasteiger charge is 2.14. The number of thioether (sulfide) groups is 1. The first-order valence-corrected chi connectivity index (χ1v) is 12.8. The third-order valence-corrected chi connectivity index (χ3v) is 7.55. The molecule has 0 saturated heterocycles. The lowest BCUT2D eigenvalue weighted by Crippen LogP contribution is -2.41. The predicted molar refractivity (Wildman–Crippen MR) is 136 cm³/mol. The van der Waals surface area contributed by atoms with E-state index < -0.39 is 11.8 Å². The minimum Gasteiger partial charge on any atom is -0.454 e. The molecule has 34 heavy (non-hydrogen) atoms. The summed E-state index contributed by atoms with van der Waals surface area (Å²) < 4.78 is 7.80. The second-order valence-electron chi connectivity index (χ2n) is 7.57. The van der Waals surface area contributed by atoms with Crippen LogP contribution >= 0.6 is 23.1 Å². The van der Waals surface area contributed by atoms with Crippen LogP contribution in [0, 0.1) is 0 Å². The Kier molecular flexibility index (Phi) is 7.99. The van der Waals surface area contributed by atoms with Gasteiger partial charge in [0.2, 0.25) is 0 Å². The molecule has 0 aliphatic rings. The number of amides is 2. The van der Waals surface area contributed by atoms with Crippen LogP contribution in [0.3, 0.4) is 0 Å². The van der Waals surface area contributed by atoms with E-state index in [4.69, 9.17) is 4.42 Å². The molecule has 4 rings (SSSR count). The number of carbonyl (C=O) groups is 2. The third-order valence-electron chi connectivity index (χ3n) is 5.30. The number of fused-ring (bicyclic) bond motifs is 1. The number of nitrogens with one attached hydrogen (secondary N) is 2. The van der Waals surface area contributed by atoms with Gasteiger partial charge >= 0.3 is 5.91 Å². The van der Waals surface area contributed by atoms with Gasteiger partial charge in [0, 0.05) is 11.3 Å². The number of hydrazine groups is 1. The fourth-order valence-electron chi connectivity index (χ4n) is 3.31. The molecule has 2 aromatic heterocycles. The summed E-state index contributed by atoms with van der Waals surface area (Å²) >= 11 is 3.35. The molecular formula is C25H26N4O3S2. The Bertz CT molecular complexity index is 1230. The van der Waals surface area contributed by atoms with Crippen molar-refractivity contribution in [3.8, 4) is 0 Å². The molecule has 0 unspecified atom stereocenters. The van der Waals surface area contributed by atoms with Crippen LogP contribution in [0.25, 0.3) is 10.2 Å². The van der Waals surface area contributed by atoms with Crippen molar-refractivity contribution in [3.63, 3.8) is 0 Å². The van der Waals surface area contributed by atoms with Gasteiger partial charge in [-0.1, -0.05) is 49.9 Å². The molecule has 0 saturated carbocycles. The zero-order valence-electron chi connectivity index (χ0n) is 19.0. The summed E-state index contributed by atoms with van der Waals surface area (Å²) in [5.74, 6) is 0.730. The van der Waals surface area contributed by atoms with E-state index in [1.165, 1.54) is 4.70 Å². The van der Waals surface area contributed by atoms with Crippen molar-refractivity contribution in [3.05, 3.63) is 83.3 Å². The van der Waals surface area contributed by atoms with E-state index in [0.29, 0.717) is 17.9 Å². The molecule has 2 N–H and O–H groups in total. The summed E-state index contributed by atoms with van der Waals surface area (Å²) in [6, 6.07) is 18.8. The maximum atomic E-state index is 12.4. The number of thiazole rings is 1. The van der Waals surface area contributed by atoms with Gasteiger partial charge < -0.3 is 4.42 Å². The Morgan fingerprint density at radius 1 is 0.971 bits per heavy atom. The maximum Gasteiger partial charge on any atom is 0.305 e. The van der Waals surface area contributed by atoms with Gasteiger partial charge in [-0.25, -0.2) is 4.98 Å². The van der Waals surface area contributed by atoms with E-state index in [-0.39, 0.29) is 5.76 Å². The number of rotatable bonds is 9. The number of benzene rings is 2. The second-order valence-corrected chi connectivity index (χ2v) is 9.82. The van der Waals surface area contributed by atoms with E-state index in [2.05, 4.69) is 40.6 Å². The molecule has 2 heterocycles. The predicted octanol–water partition coefficient (Wildman–Crippen LogP) is 5.10. The van der Waals surface area contributed by atoms with Crippen molar-refractivity contribution in [1.29, 1.82) is 0 Å². The molecule has 0 spiro atoms. The van der Waals surface area contributed by atoms with Crippen LogP contribution in [0.2, 0.25) is 0 Å². The Hall–Kier alpha value is -3.14. The maximum absolute atomic E-state index is 12.4. The number of hydrogen-bond acceptors (Lipinski definition) is 7. The van der Waals surface area contributed by atoms with Crippen LogP contribution in [0.5, 0.6) is 0 Å². The van der Waals surface area contributed by atoms with Gasteiger partial charge in [0.05, 0.1) is 16.8 Å². The van der Waals surface area contributed by atoms with Crippen LogP contribution in [0.4, 0.5) is 0 Å². The van der Waals surface area contributed by atoms with Crippen molar-refractivity contribution < 1.29 is 14.0 Å². The van der Waals surface area contributed by atoms with Crippen LogP contribution in [0.15, 0.2) is 69.4 Å². The van der Waals surface area contributed by atoms with Gasteiger partial charge in [-0.2, -0.15) is 0 Å². The first-order chi connectivity index (χ1) is 16.6. The van der Waals surface area contributed by atoms with Crippen LogP contribution in [0.1, 0.15) is 46.1 Å². The van der Waals surface area contributed by atoms with Crippen LogP contribution in [-0.2, 0) is 12.3 Å². The van der Waals surface area contributed by atoms with Gasteiger partial charge in [0.1, 0.15) is 5.76 Å². The van der Waals surface area contributed by atoms with Gasteiger partial charge in [0.15, 0.2) is 10.1 Å². The SMILES string of the molecule is CCN(CC)Cc1ccc(C(=O)NNC(=O)c2ccc(CSc3nc4ccccc4s3)cc2)o1. The summed E-state index contributed by atoms with van der Waals surface area (Å²) in [5, 5.41) is 0. The molecule has 4 aromatic rings. The van der Waals surface area contributed by atoms with E-state index >= 15 is 0 Å². The van der Waals surface area contributed by atoms with E-state index in [1.807, 2.05) is 30.3 Å². The van der Waals surface area contributed by atoms with E-state index in [0.717, 1.165) is 34.3 Å². The number of aromatic nitrogens is 1. The van der Waals surface area contributed by atoms with Crippen molar-refractivity contribution >= 4 is 45.1 Å². The zero-order chi connectivity index (χ0) is 23.9. The summed E-state index contributed by atoms with van der Waals surface area (Å²) in [6.07, 6.45) is 0. The molecule has 0 atom stereocenters. The highest BCUT2D eigenvalue weighted by Crippen LogP contribution is 2.31. The largest absolute Gasteiger partial charge is 0.454 e. The van der Waals surface area contributed by atoms with Crippen LogP contribution < -0.4 is 10.9 Å². The summed E-state index contributed by atoms with van der Waals surface area (Å²) in [5.41, 5.74) is 7.40. The Labute approximate surface area is 206 Å². The Balaban J connectivity index is 1.26.